The highest BCUT2D eigenvalue weighted by Crippen LogP contribution is 2.49. The summed E-state index contributed by atoms with van der Waals surface area (Å²) in [6, 6.07) is 0. The summed E-state index contributed by atoms with van der Waals surface area (Å²) < 4.78 is 21.1. The second-order valence-electron chi connectivity index (χ2n) is 7.34. The van der Waals surface area contributed by atoms with Gasteiger partial charge in [0.25, 0.3) is 0 Å². The normalized spacial score (nSPS) is 45.8. The van der Waals surface area contributed by atoms with E-state index in [1.54, 1.807) is 0 Å². The van der Waals surface area contributed by atoms with Crippen LogP contribution >= 0.6 is 0 Å². The lowest BCUT2D eigenvalue weighted by Gasteiger charge is -2.44. The average molecular weight is 406 g/mol. The molecule has 0 spiro atoms. The summed E-state index contributed by atoms with van der Waals surface area (Å²) >= 11 is 0. The zero-order valence-corrected chi connectivity index (χ0v) is 15.2. The Morgan fingerprint density at radius 2 is 1.93 bits per heavy atom. The van der Waals surface area contributed by atoms with E-state index in [2.05, 4.69) is 0 Å². The summed E-state index contributed by atoms with van der Waals surface area (Å²) in [6.07, 6.45) is -7.07. The van der Waals surface area contributed by atoms with Gasteiger partial charge >= 0.3 is 5.97 Å². The van der Waals surface area contributed by atoms with Crippen molar-refractivity contribution in [2.24, 2.45) is 11.8 Å². The van der Waals surface area contributed by atoms with Crippen LogP contribution in [0, 0.1) is 11.8 Å². The standard InChI is InChI=1S/C17H26O11/c1-25-14(23)8-5-26-15(10-7(8)2-3-17(10,24)6-19)28-16-13(22)12(21)11(20)9(4-18)27-16/h5,7,9-13,15-16,18-22,24H,2-4,6H2,1H3/t7-,9-,10?,11-,12+,13-,15+,16+,17+/m1/s1. The number of aliphatic hydroxyl groups excluding tert-OH is 5. The number of aliphatic hydroxyl groups is 6. The van der Waals surface area contributed by atoms with Crippen LogP contribution in [0.15, 0.2) is 11.8 Å². The lowest BCUT2D eigenvalue weighted by molar-refractivity contribution is -0.347. The largest absolute Gasteiger partial charge is 0.471 e. The molecule has 11 nitrogen and oxygen atoms in total. The maximum atomic E-state index is 12.0. The summed E-state index contributed by atoms with van der Waals surface area (Å²) in [5.74, 6) is -2.05. The molecule has 0 radical (unpaired) electrons. The molecule has 11 heteroatoms. The fourth-order valence-electron chi connectivity index (χ4n) is 4.16. The van der Waals surface area contributed by atoms with Crippen LogP contribution in [0.25, 0.3) is 0 Å². The van der Waals surface area contributed by atoms with E-state index in [1.165, 1.54) is 7.11 Å². The number of carbonyl (C=O) groups is 1. The lowest BCUT2D eigenvalue weighted by Crippen LogP contribution is -2.61. The number of rotatable bonds is 5. The van der Waals surface area contributed by atoms with E-state index in [-0.39, 0.29) is 12.0 Å². The monoisotopic (exact) mass is 406 g/mol. The van der Waals surface area contributed by atoms with Gasteiger partial charge in [-0.15, -0.1) is 0 Å². The Morgan fingerprint density at radius 1 is 1.21 bits per heavy atom. The first-order valence-electron chi connectivity index (χ1n) is 9.00. The van der Waals surface area contributed by atoms with Gasteiger partial charge in [0.05, 0.1) is 43.7 Å². The summed E-state index contributed by atoms with van der Waals surface area (Å²) in [6.45, 7) is -1.24. The highest BCUT2D eigenvalue weighted by atomic mass is 16.8. The van der Waals surface area contributed by atoms with Crippen LogP contribution in [0.5, 0.6) is 0 Å². The molecule has 2 heterocycles. The molecule has 3 rings (SSSR count). The number of methoxy groups -OCH3 is 1. The zero-order chi connectivity index (χ0) is 20.6. The van der Waals surface area contributed by atoms with Crippen LogP contribution in [-0.2, 0) is 23.7 Å². The molecule has 1 aliphatic carbocycles. The van der Waals surface area contributed by atoms with Gasteiger partial charge in [-0.2, -0.15) is 0 Å². The molecule has 0 aromatic heterocycles. The first-order valence-corrected chi connectivity index (χ1v) is 9.00. The second-order valence-corrected chi connectivity index (χ2v) is 7.34. The van der Waals surface area contributed by atoms with Crippen molar-refractivity contribution >= 4 is 5.97 Å². The van der Waals surface area contributed by atoms with Gasteiger partial charge in [-0.1, -0.05) is 0 Å². The Hall–Kier alpha value is -1.31. The Balaban J connectivity index is 1.84. The Bertz CT molecular complexity index is 608. The second kappa shape index (κ2) is 8.20. The number of hydrogen-bond acceptors (Lipinski definition) is 11. The zero-order valence-electron chi connectivity index (χ0n) is 15.2. The predicted octanol–water partition coefficient (Wildman–Crippen LogP) is -3.03. The van der Waals surface area contributed by atoms with E-state index in [4.69, 9.17) is 18.9 Å². The van der Waals surface area contributed by atoms with Crippen molar-refractivity contribution in [3.63, 3.8) is 0 Å². The Morgan fingerprint density at radius 3 is 2.54 bits per heavy atom. The van der Waals surface area contributed by atoms with Gasteiger partial charge in [-0.3, -0.25) is 0 Å². The van der Waals surface area contributed by atoms with Crippen LogP contribution in [0.1, 0.15) is 12.8 Å². The van der Waals surface area contributed by atoms with Crippen molar-refractivity contribution in [2.75, 3.05) is 20.3 Å². The third-order valence-corrected chi connectivity index (χ3v) is 5.78. The first-order chi connectivity index (χ1) is 13.3. The van der Waals surface area contributed by atoms with Crippen LogP contribution in [0.2, 0.25) is 0 Å². The molecule has 0 aromatic rings. The van der Waals surface area contributed by atoms with Crippen molar-refractivity contribution in [3.05, 3.63) is 11.8 Å². The number of esters is 1. The fraction of sp³-hybridized carbons (Fsp3) is 0.824. The molecule has 1 saturated carbocycles. The van der Waals surface area contributed by atoms with Gasteiger partial charge in [0.2, 0.25) is 6.29 Å². The van der Waals surface area contributed by atoms with Gasteiger partial charge in [0, 0.05) is 5.92 Å². The van der Waals surface area contributed by atoms with E-state index >= 15 is 0 Å². The van der Waals surface area contributed by atoms with Crippen LogP contribution < -0.4 is 0 Å². The van der Waals surface area contributed by atoms with Gasteiger partial charge in [0.15, 0.2) is 6.29 Å². The van der Waals surface area contributed by atoms with Crippen LogP contribution in [0.3, 0.4) is 0 Å². The van der Waals surface area contributed by atoms with E-state index in [0.29, 0.717) is 6.42 Å². The summed E-state index contributed by atoms with van der Waals surface area (Å²) in [5, 5.41) is 59.7. The summed E-state index contributed by atoms with van der Waals surface area (Å²) in [4.78, 5) is 12.0. The van der Waals surface area contributed by atoms with Crippen molar-refractivity contribution in [2.45, 2.75) is 55.4 Å². The Labute approximate surface area is 160 Å². The molecule has 28 heavy (non-hydrogen) atoms. The van der Waals surface area contributed by atoms with Gasteiger partial charge in [-0.05, 0) is 12.8 Å². The quantitative estimate of drug-likeness (QED) is 0.256. The summed E-state index contributed by atoms with van der Waals surface area (Å²) in [5.41, 5.74) is -1.43. The minimum Gasteiger partial charge on any atom is -0.471 e. The third-order valence-electron chi connectivity index (χ3n) is 5.78. The van der Waals surface area contributed by atoms with Crippen molar-refractivity contribution in [3.8, 4) is 0 Å². The van der Waals surface area contributed by atoms with E-state index in [0.717, 1.165) is 6.26 Å². The molecule has 0 amide bonds. The maximum Gasteiger partial charge on any atom is 0.337 e. The van der Waals surface area contributed by atoms with Gasteiger partial charge < -0.3 is 49.6 Å². The molecule has 0 aromatic carbocycles. The van der Waals surface area contributed by atoms with E-state index in [9.17, 15) is 35.4 Å². The summed E-state index contributed by atoms with van der Waals surface area (Å²) in [7, 11) is 1.21. The third kappa shape index (κ3) is 3.53. The average Bonchev–Trinajstić information content (AvgIpc) is 3.06. The molecular weight excluding hydrogens is 380 g/mol. The SMILES string of the molecule is COC(=O)C1=CO[C@@H](O[C@@H]2O[C@H](CO)[C@@H](O)[C@H](O)[C@H]2O)C2[C@@H]1CC[C@]2(O)CO. The molecule has 2 fully saturated rings. The number of carbonyl (C=O) groups excluding carboxylic acids is 1. The smallest absolute Gasteiger partial charge is 0.337 e. The predicted molar refractivity (Wildman–Crippen MR) is 88.1 cm³/mol. The fourth-order valence-corrected chi connectivity index (χ4v) is 4.16. The van der Waals surface area contributed by atoms with Crippen molar-refractivity contribution in [1.82, 2.24) is 0 Å². The highest BCUT2D eigenvalue weighted by Gasteiger charge is 2.57. The molecule has 6 N–H and O–H groups in total. The number of ether oxygens (including phenoxy) is 4. The highest BCUT2D eigenvalue weighted by molar-refractivity contribution is 5.89. The van der Waals surface area contributed by atoms with Gasteiger partial charge in [-0.25, -0.2) is 4.79 Å². The minimum atomic E-state index is -1.66. The molecule has 160 valence electrons. The number of hydrogen-bond donors (Lipinski definition) is 6. The van der Waals surface area contributed by atoms with E-state index in [1.807, 2.05) is 0 Å². The van der Waals surface area contributed by atoms with E-state index < -0.39 is 73.6 Å². The maximum absolute atomic E-state index is 12.0. The topological polar surface area (TPSA) is 175 Å². The Kier molecular flexibility index (Phi) is 6.27. The number of fused-ring (bicyclic) bond motifs is 1. The van der Waals surface area contributed by atoms with Crippen LogP contribution in [-0.4, -0.2) is 99.5 Å². The van der Waals surface area contributed by atoms with Crippen molar-refractivity contribution < 1.29 is 54.4 Å². The lowest BCUT2D eigenvalue weighted by atomic mass is 9.80. The molecule has 2 aliphatic heterocycles. The molecule has 1 unspecified atom stereocenters. The molecule has 9 atom stereocenters. The molecule has 0 bridgehead atoms. The molecule has 1 saturated heterocycles. The van der Waals surface area contributed by atoms with Crippen LogP contribution in [0.4, 0.5) is 0 Å². The molecule has 3 aliphatic rings. The first kappa shape index (κ1) is 21.4. The van der Waals surface area contributed by atoms with Crippen molar-refractivity contribution in [1.29, 1.82) is 0 Å². The molecular formula is C17H26O11. The van der Waals surface area contributed by atoms with Gasteiger partial charge in [0.1, 0.15) is 24.4 Å². The minimum absolute atomic E-state index is 0.172.